The van der Waals surface area contributed by atoms with E-state index in [9.17, 15) is 0 Å². The SMILES string of the molecule is CCCC(C)Oc1cc(CCl)c2ccccc2n1. The topological polar surface area (TPSA) is 22.1 Å². The molecule has 3 heteroatoms. The number of ether oxygens (including phenoxy) is 1. The number of rotatable bonds is 5. The molecule has 2 aromatic rings. The Kier molecular flexibility index (Phi) is 4.43. The molecule has 0 amide bonds. The summed E-state index contributed by atoms with van der Waals surface area (Å²) in [5.74, 6) is 1.15. The van der Waals surface area contributed by atoms with Gasteiger partial charge < -0.3 is 4.74 Å². The van der Waals surface area contributed by atoms with E-state index in [0.717, 1.165) is 29.3 Å². The first-order valence-electron chi connectivity index (χ1n) is 6.36. The molecule has 0 aliphatic rings. The molecule has 1 aromatic heterocycles. The summed E-state index contributed by atoms with van der Waals surface area (Å²) in [6.07, 6.45) is 2.33. The van der Waals surface area contributed by atoms with E-state index in [1.807, 2.05) is 30.3 Å². The zero-order valence-electron chi connectivity index (χ0n) is 10.8. The van der Waals surface area contributed by atoms with Gasteiger partial charge in [-0.05, 0) is 25.0 Å². The number of hydrogen-bond acceptors (Lipinski definition) is 2. The van der Waals surface area contributed by atoms with Crippen LogP contribution in [-0.2, 0) is 5.88 Å². The standard InChI is InChI=1S/C15H18ClNO/c1-3-6-11(2)18-15-9-12(10-16)13-7-4-5-8-14(13)17-15/h4-5,7-9,11H,3,6,10H2,1-2H3. The second kappa shape index (κ2) is 6.05. The minimum atomic E-state index is 0.187. The van der Waals surface area contributed by atoms with Crippen LogP contribution in [0.25, 0.3) is 10.9 Å². The van der Waals surface area contributed by atoms with E-state index in [1.54, 1.807) is 0 Å². The minimum absolute atomic E-state index is 0.187. The molecule has 0 saturated heterocycles. The average Bonchev–Trinajstić information content (AvgIpc) is 2.38. The van der Waals surface area contributed by atoms with Gasteiger partial charge in [0.05, 0.1) is 11.6 Å². The van der Waals surface area contributed by atoms with Crippen LogP contribution in [0.3, 0.4) is 0 Å². The minimum Gasteiger partial charge on any atom is -0.475 e. The third kappa shape index (κ3) is 2.94. The largest absolute Gasteiger partial charge is 0.475 e. The molecule has 0 N–H and O–H groups in total. The van der Waals surface area contributed by atoms with Crippen LogP contribution in [-0.4, -0.2) is 11.1 Å². The maximum absolute atomic E-state index is 5.99. The maximum Gasteiger partial charge on any atom is 0.214 e. The van der Waals surface area contributed by atoms with E-state index < -0.39 is 0 Å². The van der Waals surface area contributed by atoms with Gasteiger partial charge in [0, 0.05) is 17.3 Å². The van der Waals surface area contributed by atoms with Crippen LogP contribution >= 0.6 is 11.6 Å². The number of halogens is 1. The smallest absolute Gasteiger partial charge is 0.214 e. The highest BCUT2D eigenvalue weighted by Crippen LogP contribution is 2.24. The molecule has 0 bridgehead atoms. The first-order chi connectivity index (χ1) is 8.74. The maximum atomic E-state index is 5.99. The van der Waals surface area contributed by atoms with Crippen molar-refractivity contribution in [3.63, 3.8) is 0 Å². The number of nitrogens with zero attached hydrogens (tertiary/aromatic N) is 1. The molecule has 1 atom stereocenters. The molecule has 18 heavy (non-hydrogen) atoms. The summed E-state index contributed by atoms with van der Waals surface area (Å²) in [7, 11) is 0. The van der Waals surface area contributed by atoms with Crippen LogP contribution in [0, 0.1) is 0 Å². The average molecular weight is 264 g/mol. The number of fused-ring (bicyclic) bond motifs is 1. The van der Waals surface area contributed by atoms with Crippen LogP contribution in [0.2, 0.25) is 0 Å². The first kappa shape index (κ1) is 13.2. The Balaban J connectivity index is 2.34. The van der Waals surface area contributed by atoms with Crippen LogP contribution in [0.1, 0.15) is 32.3 Å². The summed E-state index contributed by atoms with van der Waals surface area (Å²) in [6, 6.07) is 9.95. The Hall–Kier alpha value is -1.28. The molecule has 1 heterocycles. The Morgan fingerprint density at radius 2 is 2.11 bits per heavy atom. The Bertz CT molecular complexity index is 527. The molecule has 0 fully saturated rings. The highest BCUT2D eigenvalue weighted by Gasteiger charge is 2.08. The second-order valence-electron chi connectivity index (χ2n) is 4.49. The second-order valence-corrected chi connectivity index (χ2v) is 4.75. The van der Waals surface area contributed by atoms with Gasteiger partial charge in [-0.15, -0.1) is 11.6 Å². The molecule has 0 aliphatic carbocycles. The molecule has 2 nitrogen and oxygen atoms in total. The van der Waals surface area contributed by atoms with E-state index in [4.69, 9.17) is 16.3 Å². The van der Waals surface area contributed by atoms with Crippen molar-refractivity contribution < 1.29 is 4.74 Å². The van der Waals surface area contributed by atoms with Gasteiger partial charge in [-0.2, -0.15) is 0 Å². The lowest BCUT2D eigenvalue weighted by atomic mass is 10.1. The van der Waals surface area contributed by atoms with E-state index >= 15 is 0 Å². The van der Waals surface area contributed by atoms with Crippen molar-refractivity contribution in [1.29, 1.82) is 0 Å². The van der Waals surface area contributed by atoms with Crippen LogP contribution < -0.4 is 4.74 Å². The first-order valence-corrected chi connectivity index (χ1v) is 6.89. The Morgan fingerprint density at radius 1 is 1.33 bits per heavy atom. The van der Waals surface area contributed by atoms with E-state index in [2.05, 4.69) is 18.8 Å². The monoisotopic (exact) mass is 263 g/mol. The summed E-state index contributed by atoms with van der Waals surface area (Å²) in [4.78, 5) is 4.53. The fourth-order valence-electron chi connectivity index (χ4n) is 2.06. The zero-order valence-corrected chi connectivity index (χ0v) is 11.6. The normalized spacial score (nSPS) is 12.6. The van der Waals surface area contributed by atoms with Gasteiger partial charge in [0.2, 0.25) is 5.88 Å². The zero-order chi connectivity index (χ0) is 13.0. The molecule has 96 valence electrons. The molecule has 0 saturated carbocycles. The lowest BCUT2D eigenvalue weighted by molar-refractivity contribution is 0.202. The molecule has 1 aromatic carbocycles. The number of hydrogen-bond donors (Lipinski definition) is 0. The number of benzene rings is 1. The van der Waals surface area contributed by atoms with Crippen molar-refractivity contribution >= 4 is 22.5 Å². The predicted octanol–water partition coefficient (Wildman–Crippen LogP) is 4.54. The van der Waals surface area contributed by atoms with Crippen molar-refractivity contribution in [2.24, 2.45) is 0 Å². The third-order valence-electron chi connectivity index (χ3n) is 2.94. The molecule has 0 spiro atoms. The number of pyridine rings is 1. The van der Waals surface area contributed by atoms with E-state index in [0.29, 0.717) is 11.8 Å². The fourth-order valence-corrected chi connectivity index (χ4v) is 2.28. The van der Waals surface area contributed by atoms with Gasteiger partial charge in [-0.1, -0.05) is 31.5 Å². The molecular formula is C15H18ClNO. The summed E-state index contributed by atoms with van der Waals surface area (Å²) in [5, 5.41) is 1.10. The molecule has 0 aliphatic heterocycles. The van der Waals surface area contributed by atoms with Gasteiger partial charge in [0.25, 0.3) is 0 Å². The summed E-state index contributed by atoms with van der Waals surface area (Å²) in [6.45, 7) is 4.22. The number of para-hydroxylation sites is 1. The molecule has 2 rings (SSSR count). The Morgan fingerprint density at radius 3 is 2.83 bits per heavy atom. The number of aromatic nitrogens is 1. The van der Waals surface area contributed by atoms with Crippen molar-refractivity contribution in [2.45, 2.75) is 38.7 Å². The quantitative estimate of drug-likeness (QED) is 0.739. The summed E-state index contributed by atoms with van der Waals surface area (Å²) in [5.41, 5.74) is 2.01. The van der Waals surface area contributed by atoms with Gasteiger partial charge >= 0.3 is 0 Å². The van der Waals surface area contributed by atoms with Crippen LogP contribution in [0.15, 0.2) is 30.3 Å². The molecular weight excluding hydrogens is 246 g/mol. The van der Waals surface area contributed by atoms with Gasteiger partial charge in [-0.3, -0.25) is 0 Å². The highest BCUT2D eigenvalue weighted by molar-refractivity contribution is 6.18. The number of alkyl halides is 1. The molecule has 0 radical (unpaired) electrons. The Labute approximate surface area is 113 Å². The fraction of sp³-hybridized carbons (Fsp3) is 0.400. The lowest BCUT2D eigenvalue weighted by Crippen LogP contribution is -2.12. The lowest BCUT2D eigenvalue weighted by Gasteiger charge is -2.14. The van der Waals surface area contributed by atoms with Gasteiger partial charge in [0.15, 0.2) is 0 Å². The van der Waals surface area contributed by atoms with Gasteiger partial charge in [0.1, 0.15) is 0 Å². The predicted molar refractivity (Wildman–Crippen MR) is 76.3 cm³/mol. The van der Waals surface area contributed by atoms with Gasteiger partial charge in [-0.25, -0.2) is 4.98 Å². The van der Waals surface area contributed by atoms with Crippen molar-refractivity contribution in [3.8, 4) is 5.88 Å². The van der Waals surface area contributed by atoms with Crippen molar-refractivity contribution in [2.75, 3.05) is 0 Å². The van der Waals surface area contributed by atoms with E-state index in [1.165, 1.54) is 0 Å². The summed E-state index contributed by atoms with van der Waals surface area (Å²) >= 11 is 5.99. The van der Waals surface area contributed by atoms with E-state index in [-0.39, 0.29) is 6.10 Å². The third-order valence-corrected chi connectivity index (χ3v) is 3.23. The van der Waals surface area contributed by atoms with Crippen LogP contribution in [0.5, 0.6) is 5.88 Å². The van der Waals surface area contributed by atoms with Crippen molar-refractivity contribution in [1.82, 2.24) is 4.98 Å². The van der Waals surface area contributed by atoms with Crippen molar-refractivity contribution in [3.05, 3.63) is 35.9 Å². The highest BCUT2D eigenvalue weighted by atomic mass is 35.5. The van der Waals surface area contributed by atoms with Crippen LogP contribution in [0.4, 0.5) is 0 Å². The summed E-state index contributed by atoms with van der Waals surface area (Å²) < 4.78 is 5.84. The molecule has 1 unspecified atom stereocenters.